The van der Waals surface area contributed by atoms with E-state index in [0.717, 1.165) is 4.57 Å². The minimum atomic E-state index is -3.89. The number of nitrogens with two attached hydrogens (primary N) is 1. The molecule has 2 fully saturated rings. The molecule has 2 saturated heterocycles. The van der Waals surface area contributed by atoms with Crippen molar-refractivity contribution in [2.24, 2.45) is 0 Å². The fourth-order valence-electron chi connectivity index (χ4n) is 4.50. The Hall–Kier alpha value is -2.66. The van der Waals surface area contributed by atoms with E-state index in [1.165, 1.54) is 24.0 Å². The number of hydrogen-bond donors (Lipinski definition) is 5. The summed E-state index contributed by atoms with van der Waals surface area (Å²) >= 11 is 2.37. The van der Waals surface area contributed by atoms with Crippen molar-refractivity contribution in [3.05, 3.63) is 49.3 Å². The third-order valence-electron chi connectivity index (χ3n) is 6.44. The van der Waals surface area contributed by atoms with Gasteiger partial charge in [0.2, 0.25) is 0 Å². The predicted octanol–water partition coefficient (Wildman–Crippen LogP) is -1.83. The summed E-state index contributed by atoms with van der Waals surface area (Å²) in [5, 5.41) is 20.2. The average molecular weight is 633 g/mol. The molecule has 7 atom stereocenters. The topological polar surface area (TPSA) is 239 Å². The molecule has 0 spiro atoms. The van der Waals surface area contributed by atoms with Crippen LogP contribution in [0.3, 0.4) is 0 Å². The van der Waals surface area contributed by atoms with E-state index in [9.17, 15) is 29.2 Å². The van der Waals surface area contributed by atoms with E-state index in [4.69, 9.17) is 24.3 Å². The van der Waals surface area contributed by atoms with E-state index < -0.39 is 66.6 Å². The molecule has 211 valence electrons. The van der Waals surface area contributed by atoms with Gasteiger partial charge in [0.05, 0.1) is 0 Å². The van der Waals surface area contributed by atoms with Gasteiger partial charge in [0, 0.05) is 0 Å². The number of ether oxygens (including phenoxy) is 2. The molecule has 5 rings (SSSR count). The summed E-state index contributed by atoms with van der Waals surface area (Å²) in [6, 6.07) is 0. The van der Waals surface area contributed by atoms with Gasteiger partial charge >= 0.3 is 226 Å². The quantitative estimate of drug-likeness (QED) is 0.136. The number of nitrogen functional groups attached to an aromatic ring is 1. The monoisotopic (exact) mass is 634 g/mol. The summed E-state index contributed by atoms with van der Waals surface area (Å²) in [5.74, 6) is -0.112. The van der Waals surface area contributed by atoms with E-state index in [1.807, 2.05) is 0 Å². The second-order valence-corrected chi connectivity index (χ2v) is 13.3. The molecule has 1 unspecified atom stereocenters. The Labute approximate surface area is 226 Å². The molecule has 19 heteroatoms. The van der Waals surface area contributed by atoms with Gasteiger partial charge in [-0.3, -0.25) is 0 Å². The average Bonchev–Trinajstić information content (AvgIpc) is 3.56. The van der Waals surface area contributed by atoms with Gasteiger partial charge in [0.1, 0.15) is 0 Å². The zero-order valence-corrected chi connectivity index (χ0v) is 22.9. The van der Waals surface area contributed by atoms with Gasteiger partial charge in [-0.05, 0) is 0 Å². The Morgan fingerprint density at radius 3 is 2.64 bits per heavy atom. The van der Waals surface area contributed by atoms with Gasteiger partial charge in [-0.25, -0.2) is 0 Å². The van der Waals surface area contributed by atoms with Crippen molar-refractivity contribution in [2.75, 3.05) is 18.9 Å². The van der Waals surface area contributed by atoms with Gasteiger partial charge in [0.15, 0.2) is 0 Å². The van der Waals surface area contributed by atoms with Crippen LogP contribution >= 0.6 is 6.29 Å². The zero-order valence-electron chi connectivity index (χ0n) is 20.3. The van der Waals surface area contributed by atoms with Crippen molar-refractivity contribution in [1.82, 2.24) is 29.1 Å². The maximum absolute atomic E-state index is 13.1. The molecule has 0 saturated carbocycles. The minimum absolute atomic E-state index is 0.0307. The Morgan fingerprint density at radius 2 is 1.90 bits per heavy atom. The molecular weight excluding hydrogens is 608 g/mol. The number of aliphatic hydroxyl groups excluding tert-OH is 2. The van der Waals surface area contributed by atoms with E-state index in [1.54, 1.807) is 0 Å². The number of nitrogens with zero attached hydrogens (tertiary/aromatic N) is 4. The third kappa shape index (κ3) is 5.66. The van der Waals surface area contributed by atoms with Gasteiger partial charge in [-0.2, -0.15) is 0 Å². The first-order valence-corrected chi connectivity index (χ1v) is 15.5. The van der Waals surface area contributed by atoms with Crippen LogP contribution in [0.25, 0.3) is 11.2 Å². The number of aliphatic hydroxyl groups is 2. The van der Waals surface area contributed by atoms with Crippen LogP contribution in [0.15, 0.2) is 26.9 Å². The third-order valence-corrected chi connectivity index (χ3v) is 8.64. The van der Waals surface area contributed by atoms with Crippen LogP contribution in [0, 0.1) is 6.92 Å². The Morgan fingerprint density at radius 1 is 1.18 bits per heavy atom. The van der Waals surface area contributed by atoms with Crippen LogP contribution in [-0.2, 0) is 23.1 Å². The number of H-pyrrole nitrogens is 2. The second-order valence-electron chi connectivity index (χ2n) is 9.12. The fourth-order valence-corrected chi connectivity index (χ4v) is 6.52. The molecule has 2 aliphatic heterocycles. The number of hydrogen-bond acceptors (Lipinski definition) is 13. The molecule has 0 bridgehead atoms. The number of imidazole rings is 1. The second kappa shape index (κ2) is 10.7. The summed E-state index contributed by atoms with van der Waals surface area (Å²) in [5.41, 5.74) is 4.40. The molecule has 6 N–H and O–H groups in total. The summed E-state index contributed by atoms with van der Waals surface area (Å²) in [4.78, 5) is 48.5. The number of aromatic nitrogens is 6. The van der Waals surface area contributed by atoms with E-state index in [2.05, 4.69) is 35.5 Å². The zero-order chi connectivity index (χ0) is 28.1. The van der Waals surface area contributed by atoms with Crippen LogP contribution in [-0.4, -0.2) is 92.5 Å². The van der Waals surface area contributed by atoms with Crippen molar-refractivity contribution in [3.63, 3.8) is 0 Å². The van der Waals surface area contributed by atoms with Crippen molar-refractivity contribution < 1.29 is 33.3 Å². The van der Waals surface area contributed by atoms with Gasteiger partial charge in [-0.1, -0.05) is 0 Å². The molecule has 2 aliphatic rings. The van der Waals surface area contributed by atoms with Crippen molar-refractivity contribution in [2.45, 2.75) is 56.6 Å². The Balaban J connectivity index is 1.23. The molecule has 0 aliphatic carbocycles. The van der Waals surface area contributed by atoms with Gasteiger partial charge in [0.25, 0.3) is 0 Å². The van der Waals surface area contributed by atoms with Crippen molar-refractivity contribution >= 4 is 39.0 Å². The summed E-state index contributed by atoms with van der Waals surface area (Å²) < 4.78 is 38.4. The van der Waals surface area contributed by atoms with Crippen LogP contribution < -0.4 is 22.5 Å². The van der Waals surface area contributed by atoms with Gasteiger partial charge in [-0.15, -0.1) is 0 Å². The molecule has 39 heavy (non-hydrogen) atoms. The fraction of sp³-hybridized carbons (Fsp3) is 0.550. The van der Waals surface area contributed by atoms with Gasteiger partial charge < -0.3 is 0 Å². The van der Waals surface area contributed by atoms with Crippen LogP contribution in [0.4, 0.5) is 5.95 Å². The maximum atomic E-state index is 13.1. The van der Waals surface area contributed by atoms with Crippen LogP contribution in [0.1, 0.15) is 30.9 Å². The first-order valence-electron chi connectivity index (χ1n) is 11.7. The molecule has 0 aromatic carbocycles. The molecule has 3 aromatic heterocycles. The molecule has 5 heterocycles. The van der Waals surface area contributed by atoms with Crippen molar-refractivity contribution in [1.29, 1.82) is 0 Å². The van der Waals surface area contributed by atoms with E-state index in [-0.39, 0.29) is 36.6 Å². The molecule has 17 nitrogen and oxygen atoms in total. The van der Waals surface area contributed by atoms with Crippen LogP contribution in [0.2, 0.25) is 0 Å². The molecule has 1 radical (unpaired) electrons. The summed E-state index contributed by atoms with van der Waals surface area (Å²) in [6.07, 6.45) is -6.54. The number of aryl methyl sites for hydroxylation is 1. The number of anilines is 1. The first-order chi connectivity index (χ1) is 18.5. The Bertz CT molecular complexity index is 1600. The normalized spacial score (nSPS) is 28.7. The Kier molecular flexibility index (Phi) is 7.67. The molecule has 0 amide bonds. The molecular formula is C20H25N7O10PSe. The molecule has 3 aromatic rings. The SMILES string of the molecule is Cc1cn([C@H]2C[C@H](O)[C@@H](COP(=O)([Se])O[C@H]3C[C@H](n4cnc5c(=O)[nH]c(N)nc54)O[C@@H]3CO)O2)c(=O)[nH]c1=O. The van der Waals surface area contributed by atoms with Crippen molar-refractivity contribution in [3.8, 4) is 0 Å². The van der Waals surface area contributed by atoms with Crippen LogP contribution in [0.5, 0.6) is 0 Å². The standard InChI is InChI=1S/C20H25N7O10PSe/c1-8-4-26(20(32)25-17(8)30)13-2-9(29)12(36-13)6-34-38(33,39)37-10-3-14(35-11(10)5-28)27-7-22-15-16(27)23-19(21)24-18(15)31/h4,7,9-14,28-29H,2-3,5-6H2,1H3,(H,25,30,32)(H3,21,23,24,31)/t9-,10-,11+,12+,13+,14+,38?/m0/s1. The van der Waals surface area contributed by atoms with E-state index in [0.29, 0.717) is 5.56 Å². The predicted molar refractivity (Wildman–Crippen MR) is 133 cm³/mol. The number of aromatic amines is 2. The number of nitrogens with one attached hydrogen (secondary N) is 2. The van der Waals surface area contributed by atoms with E-state index >= 15 is 0 Å². The summed E-state index contributed by atoms with van der Waals surface area (Å²) in [7, 11) is 0. The summed E-state index contributed by atoms with van der Waals surface area (Å²) in [6.45, 7) is 0.709. The number of fused-ring (bicyclic) bond motifs is 1. The first kappa shape index (κ1) is 27.9. The number of rotatable bonds is 8.